The number of anilines is 2. The Bertz CT molecular complexity index is 1760. The highest BCUT2D eigenvalue weighted by Gasteiger charge is 2.30. The molecule has 11 nitrogen and oxygen atoms in total. The zero-order valence-electron chi connectivity index (χ0n) is 25.0. The van der Waals surface area contributed by atoms with Crippen molar-refractivity contribution in [2.24, 2.45) is 4.99 Å². The van der Waals surface area contributed by atoms with Gasteiger partial charge in [-0.25, -0.2) is 19.2 Å². The van der Waals surface area contributed by atoms with Crippen LogP contribution in [0.15, 0.2) is 78.0 Å². The smallest absolute Gasteiger partial charge is 0.414 e. The van der Waals surface area contributed by atoms with Crippen molar-refractivity contribution in [2.75, 3.05) is 17.3 Å². The predicted molar refractivity (Wildman–Crippen MR) is 164 cm³/mol. The first kappa shape index (κ1) is 30.1. The molecule has 3 amide bonds. The number of hydrogen-bond acceptors (Lipinski definition) is 7. The number of nitrogens with zero attached hydrogens (tertiary/aromatic N) is 5. The van der Waals surface area contributed by atoms with Gasteiger partial charge in [0.15, 0.2) is 5.82 Å². The number of aromatic nitrogens is 3. The topological polar surface area (TPSA) is 131 Å². The van der Waals surface area contributed by atoms with Gasteiger partial charge in [-0.1, -0.05) is 48.5 Å². The summed E-state index contributed by atoms with van der Waals surface area (Å²) in [7, 11) is 1.44. The number of ether oxygens (including phenoxy) is 1. The van der Waals surface area contributed by atoms with E-state index in [1.54, 1.807) is 39.8 Å². The molecule has 5 rings (SSSR count). The van der Waals surface area contributed by atoms with Gasteiger partial charge in [0.2, 0.25) is 6.17 Å². The Hall–Kier alpha value is -5.39. The van der Waals surface area contributed by atoms with Crippen LogP contribution in [-0.2, 0) is 16.1 Å². The average Bonchev–Trinajstić information content (AvgIpc) is 3.37. The number of carbonyl (C=O) groups excluding carboxylic acids is 3. The predicted octanol–water partition coefficient (Wildman–Crippen LogP) is 5.02. The first-order valence-corrected chi connectivity index (χ1v) is 14.0. The zero-order chi connectivity index (χ0) is 31.6. The van der Waals surface area contributed by atoms with Crippen molar-refractivity contribution in [3.05, 3.63) is 95.6 Å². The van der Waals surface area contributed by atoms with Crippen molar-refractivity contribution >= 4 is 35.0 Å². The Kier molecular flexibility index (Phi) is 8.26. The van der Waals surface area contributed by atoms with Gasteiger partial charge in [0, 0.05) is 30.8 Å². The Morgan fingerprint density at radius 1 is 1.09 bits per heavy atom. The molecule has 2 N–H and O–H groups in total. The summed E-state index contributed by atoms with van der Waals surface area (Å²) in [5.74, 6) is -2.02. The second kappa shape index (κ2) is 12.1. The Morgan fingerprint density at radius 2 is 1.80 bits per heavy atom. The molecule has 0 bridgehead atoms. The van der Waals surface area contributed by atoms with Gasteiger partial charge in [-0.05, 0) is 33.8 Å². The molecular weight excluding hydrogens is 565 g/mol. The number of aliphatic imine (C=N–C) groups is 1. The van der Waals surface area contributed by atoms with E-state index in [-0.39, 0.29) is 22.6 Å². The molecule has 0 spiro atoms. The second-order valence-corrected chi connectivity index (χ2v) is 11.0. The summed E-state index contributed by atoms with van der Waals surface area (Å²) in [6, 6.07) is 17.7. The Labute approximate surface area is 253 Å². The highest BCUT2D eigenvalue weighted by molar-refractivity contribution is 6.20. The summed E-state index contributed by atoms with van der Waals surface area (Å²) in [5.41, 5.74) is 1.91. The number of carbonyl (C=O) groups is 3. The molecule has 2 aromatic carbocycles. The monoisotopic (exact) mass is 597 g/mol. The number of para-hydroxylation sites is 1. The van der Waals surface area contributed by atoms with Gasteiger partial charge in [0.1, 0.15) is 17.0 Å². The number of benzodiazepines with no additional fused rings is 1. The highest BCUT2D eigenvalue weighted by atomic mass is 19.1. The SMILES string of the molecule is CCn1ncc(C(=O)N[C@H]2N=C(c3ccccc3)c3ccccc3NC2=O)c1-c1ncc(N(C)C(=O)OC(C)(C)C)cc1F. The summed E-state index contributed by atoms with van der Waals surface area (Å²) < 4.78 is 22.4. The lowest BCUT2D eigenvalue weighted by Crippen LogP contribution is -2.42. The summed E-state index contributed by atoms with van der Waals surface area (Å²) in [6.45, 7) is 7.27. The molecule has 0 unspecified atom stereocenters. The molecule has 0 saturated carbocycles. The van der Waals surface area contributed by atoms with Crippen LogP contribution in [0.2, 0.25) is 0 Å². The second-order valence-electron chi connectivity index (χ2n) is 11.0. The fraction of sp³-hybridized carbons (Fsp3) is 0.250. The summed E-state index contributed by atoms with van der Waals surface area (Å²) in [4.78, 5) is 49.5. The standard InChI is InChI=1S/C32H32FN7O4/c1-6-40-27(26-23(33)16-20(17-34-26)39(5)31(43)44-32(2,3)4)22(18-35-40)29(41)38-28-30(42)36-24-15-11-10-14-21(24)25(37-28)19-12-8-7-9-13-19/h7-18,28H,6H2,1-5H3,(H,36,42)(H,38,41)/t28-/m1/s1. The molecular formula is C32H32FN7O4. The lowest BCUT2D eigenvalue weighted by Gasteiger charge is -2.24. The van der Waals surface area contributed by atoms with Crippen LogP contribution >= 0.6 is 0 Å². The van der Waals surface area contributed by atoms with E-state index in [9.17, 15) is 14.4 Å². The maximum Gasteiger partial charge on any atom is 0.414 e. The number of benzene rings is 2. The normalized spacial score (nSPS) is 14.5. The number of pyridine rings is 1. The van der Waals surface area contributed by atoms with Crippen LogP contribution < -0.4 is 15.5 Å². The zero-order valence-corrected chi connectivity index (χ0v) is 25.0. The fourth-order valence-corrected chi connectivity index (χ4v) is 4.65. The van der Waals surface area contributed by atoms with E-state index >= 15 is 4.39 Å². The molecule has 1 aliphatic heterocycles. The Morgan fingerprint density at radius 3 is 2.48 bits per heavy atom. The van der Waals surface area contributed by atoms with Crippen molar-refractivity contribution in [3.8, 4) is 11.4 Å². The number of amides is 3. The van der Waals surface area contributed by atoms with Gasteiger partial charge in [0.05, 0.1) is 35.0 Å². The first-order chi connectivity index (χ1) is 21.0. The maximum atomic E-state index is 15.6. The van der Waals surface area contributed by atoms with Gasteiger partial charge in [-0.3, -0.25) is 19.2 Å². The van der Waals surface area contributed by atoms with E-state index in [2.05, 4.69) is 25.7 Å². The number of hydrogen-bond donors (Lipinski definition) is 2. The van der Waals surface area contributed by atoms with Gasteiger partial charge in [0.25, 0.3) is 11.8 Å². The van der Waals surface area contributed by atoms with Crippen molar-refractivity contribution in [1.29, 1.82) is 0 Å². The number of fused-ring (bicyclic) bond motifs is 1. The van der Waals surface area contributed by atoms with E-state index in [4.69, 9.17) is 4.74 Å². The average molecular weight is 598 g/mol. The molecule has 12 heteroatoms. The molecule has 3 heterocycles. The minimum Gasteiger partial charge on any atom is -0.443 e. The fourth-order valence-electron chi connectivity index (χ4n) is 4.65. The molecule has 226 valence electrons. The number of rotatable bonds is 6. The third kappa shape index (κ3) is 6.19. The number of halogens is 1. The van der Waals surface area contributed by atoms with Gasteiger partial charge >= 0.3 is 6.09 Å². The minimum atomic E-state index is -1.30. The van der Waals surface area contributed by atoms with E-state index < -0.39 is 35.5 Å². The molecule has 44 heavy (non-hydrogen) atoms. The lowest BCUT2D eigenvalue weighted by molar-refractivity contribution is -0.117. The van der Waals surface area contributed by atoms with Crippen LogP contribution in [0, 0.1) is 5.82 Å². The summed E-state index contributed by atoms with van der Waals surface area (Å²) in [6.07, 6.45) is 0.625. The maximum absolute atomic E-state index is 15.6. The van der Waals surface area contributed by atoms with Gasteiger partial charge in [-0.15, -0.1) is 0 Å². The van der Waals surface area contributed by atoms with Crippen LogP contribution in [-0.4, -0.2) is 57.2 Å². The molecule has 0 fully saturated rings. The van der Waals surface area contributed by atoms with E-state index in [0.717, 1.165) is 16.5 Å². The summed E-state index contributed by atoms with van der Waals surface area (Å²) in [5, 5.41) is 9.77. The third-order valence-corrected chi connectivity index (χ3v) is 6.75. The molecule has 1 atom stereocenters. The van der Waals surface area contributed by atoms with E-state index in [1.807, 2.05) is 42.5 Å². The van der Waals surface area contributed by atoms with Crippen LogP contribution in [0.1, 0.15) is 49.2 Å². The third-order valence-electron chi connectivity index (χ3n) is 6.75. The van der Waals surface area contributed by atoms with E-state index in [0.29, 0.717) is 23.5 Å². The Balaban J connectivity index is 1.47. The lowest BCUT2D eigenvalue weighted by atomic mass is 10.0. The molecule has 1 aliphatic rings. The van der Waals surface area contributed by atoms with Gasteiger partial charge in [-0.2, -0.15) is 5.10 Å². The largest absolute Gasteiger partial charge is 0.443 e. The van der Waals surface area contributed by atoms with Crippen LogP contribution in [0.3, 0.4) is 0 Å². The van der Waals surface area contributed by atoms with Crippen molar-refractivity contribution in [2.45, 2.75) is 46.0 Å². The first-order valence-electron chi connectivity index (χ1n) is 14.0. The number of aryl methyl sites for hydroxylation is 1. The highest BCUT2D eigenvalue weighted by Crippen LogP contribution is 2.29. The van der Waals surface area contributed by atoms with Crippen LogP contribution in [0.25, 0.3) is 11.4 Å². The van der Waals surface area contributed by atoms with Crippen LogP contribution in [0.5, 0.6) is 0 Å². The van der Waals surface area contributed by atoms with Crippen molar-refractivity contribution in [1.82, 2.24) is 20.1 Å². The van der Waals surface area contributed by atoms with Crippen molar-refractivity contribution < 1.29 is 23.5 Å². The number of nitrogens with one attached hydrogen (secondary N) is 2. The molecule has 0 radical (unpaired) electrons. The van der Waals surface area contributed by atoms with Crippen molar-refractivity contribution in [3.63, 3.8) is 0 Å². The molecule has 0 saturated heterocycles. The van der Waals surface area contributed by atoms with E-state index in [1.165, 1.54) is 24.1 Å². The van der Waals surface area contributed by atoms with Gasteiger partial charge < -0.3 is 15.4 Å². The molecule has 2 aromatic heterocycles. The summed E-state index contributed by atoms with van der Waals surface area (Å²) >= 11 is 0. The quantitative estimate of drug-likeness (QED) is 0.321. The van der Waals surface area contributed by atoms with Crippen LogP contribution in [0.4, 0.5) is 20.6 Å². The molecule has 0 aliphatic carbocycles. The minimum absolute atomic E-state index is 0.00230. The molecule has 4 aromatic rings.